The SMILES string of the molecule is CCOc1ccc(Br)cc1S(=O)(=O)Nc1cccc(C)c1. The van der Waals surface area contributed by atoms with E-state index in [0.29, 0.717) is 22.5 Å². The molecule has 1 N–H and O–H groups in total. The molecule has 0 heterocycles. The van der Waals surface area contributed by atoms with E-state index in [0.717, 1.165) is 5.56 Å². The topological polar surface area (TPSA) is 55.4 Å². The largest absolute Gasteiger partial charge is 0.492 e. The van der Waals surface area contributed by atoms with E-state index in [9.17, 15) is 8.42 Å². The minimum Gasteiger partial charge on any atom is -0.492 e. The maximum atomic E-state index is 12.5. The molecule has 2 rings (SSSR count). The Hall–Kier alpha value is -1.53. The zero-order valence-corrected chi connectivity index (χ0v) is 14.2. The van der Waals surface area contributed by atoms with Crippen LogP contribution < -0.4 is 9.46 Å². The van der Waals surface area contributed by atoms with Crippen LogP contribution in [0.4, 0.5) is 5.69 Å². The van der Waals surface area contributed by atoms with Crippen molar-refractivity contribution in [3.8, 4) is 5.75 Å². The average molecular weight is 370 g/mol. The zero-order chi connectivity index (χ0) is 15.5. The van der Waals surface area contributed by atoms with E-state index in [1.54, 1.807) is 30.3 Å². The van der Waals surface area contributed by atoms with Crippen molar-refractivity contribution in [2.45, 2.75) is 18.7 Å². The number of aryl methyl sites for hydroxylation is 1. The molecule has 0 radical (unpaired) electrons. The molecule has 4 nitrogen and oxygen atoms in total. The van der Waals surface area contributed by atoms with Crippen LogP contribution in [0, 0.1) is 6.92 Å². The van der Waals surface area contributed by atoms with Gasteiger partial charge in [-0.25, -0.2) is 8.42 Å². The van der Waals surface area contributed by atoms with Crippen LogP contribution in [-0.2, 0) is 10.0 Å². The fourth-order valence-corrected chi connectivity index (χ4v) is 3.62. The highest BCUT2D eigenvalue weighted by atomic mass is 79.9. The Morgan fingerprint density at radius 2 is 1.95 bits per heavy atom. The highest BCUT2D eigenvalue weighted by Gasteiger charge is 2.20. The molecule has 6 heteroatoms. The lowest BCUT2D eigenvalue weighted by Gasteiger charge is -2.13. The predicted octanol–water partition coefficient (Wildman–Crippen LogP) is 3.96. The minimum absolute atomic E-state index is 0.111. The van der Waals surface area contributed by atoms with E-state index < -0.39 is 10.0 Å². The molecule has 0 spiro atoms. The Labute approximate surface area is 133 Å². The molecular weight excluding hydrogens is 354 g/mol. The van der Waals surface area contributed by atoms with Crippen LogP contribution in [0.25, 0.3) is 0 Å². The van der Waals surface area contributed by atoms with Gasteiger partial charge in [0.25, 0.3) is 10.0 Å². The summed E-state index contributed by atoms with van der Waals surface area (Å²) in [6.07, 6.45) is 0. The minimum atomic E-state index is -3.71. The second-order valence-corrected chi connectivity index (χ2v) is 7.07. The Bertz CT molecular complexity index is 744. The third-order valence-corrected chi connectivity index (χ3v) is 4.66. The quantitative estimate of drug-likeness (QED) is 0.867. The Kier molecular flexibility index (Phi) is 4.90. The maximum Gasteiger partial charge on any atom is 0.265 e. The van der Waals surface area contributed by atoms with Crippen LogP contribution in [0.3, 0.4) is 0 Å². The van der Waals surface area contributed by atoms with E-state index in [1.807, 2.05) is 19.9 Å². The fourth-order valence-electron chi connectivity index (χ4n) is 1.89. The first-order valence-electron chi connectivity index (χ1n) is 6.44. The van der Waals surface area contributed by atoms with Crippen molar-refractivity contribution in [2.24, 2.45) is 0 Å². The second kappa shape index (κ2) is 6.49. The molecule has 21 heavy (non-hydrogen) atoms. The van der Waals surface area contributed by atoms with Crippen LogP contribution in [0.1, 0.15) is 12.5 Å². The second-order valence-electron chi connectivity index (χ2n) is 4.50. The standard InChI is InChI=1S/C15H16BrNO3S/c1-3-20-14-8-7-12(16)10-15(14)21(18,19)17-13-6-4-5-11(2)9-13/h4-10,17H,3H2,1-2H3. The van der Waals surface area contributed by atoms with Gasteiger partial charge in [-0.3, -0.25) is 4.72 Å². The lowest BCUT2D eigenvalue weighted by molar-refractivity contribution is 0.331. The molecule has 0 aliphatic rings. The summed E-state index contributed by atoms with van der Waals surface area (Å²) in [4.78, 5) is 0.111. The average Bonchev–Trinajstić information content (AvgIpc) is 2.40. The first-order chi connectivity index (χ1) is 9.92. The maximum absolute atomic E-state index is 12.5. The van der Waals surface area contributed by atoms with Crippen LogP contribution in [0.5, 0.6) is 5.75 Å². The first kappa shape index (κ1) is 15.9. The van der Waals surface area contributed by atoms with Crippen molar-refractivity contribution in [3.05, 3.63) is 52.5 Å². The van der Waals surface area contributed by atoms with E-state index in [-0.39, 0.29) is 4.90 Å². The summed E-state index contributed by atoms with van der Waals surface area (Å²) >= 11 is 3.29. The third-order valence-electron chi connectivity index (χ3n) is 2.77. The van der Waals surface area contributed by atoms with Crippen molar-refractivity contribution in [2.75, 3.05) is 11.3 Å². The molecule has 0 aliphatic carbocycles. The lowest BCUT2D eigenvalue weighted by atomic mass is 10.2. The molecule has 2 aromatic rings. The molecule has 0 saturated heterocycles. The number of benzene rings is 2. The lowest BCUT2D eigenvalue weighted by Crippen LogP contribution is -2.14. The summed E-state index contributed by atoms with van der Waals surface area (Å²) in [5.41, 5.74) is 1.51. The highest BCUT2D eigenvalue weighted by Crippen LogP contribution is 2.29. The van der Waals surface area contributed by atoms with Gasteiger partial charge in [0.1, 0.15) is 10.6 Å². The van der Waals surface area contributed by atoms with Gasteiger partial charge < -0.3 is 4.74 Å². The number of rotatable bonds is 5. The third kappa shape index (κ3) is 3.98. The van der Waals surface area contributed by atoms with Crippen molar-refractivity contribution in [3.63, 3.8) is 0 Å². The van der Waals surface area contributed by atoms with Gasteiger partial charge in [-0.05, 0) is 49.7 Å². The smallest absolute Gasteiger partial charge is 0.265 e. The van der Waals surface area contributed by atoms with E-state index in [4.69, 9.17) is 4.74 Å². The number of ether oxygens (including phenoxy) is 1. The Morgan fingerprint density at radius 1 is 1.19 bits per heavy atom. The first-order valence-corrected chi connectivity index (χ1v) is 8.72. The number of halogens is 1. The number of nitrogens with one attached hydrogen (secondary N) is 1. The molecule has 2 aromatic carbocycles. The normalized spacial score (nSPS) is 11.2. The predicted molar refractivity (Wildman–Crippen MR) is 87.3 cm³/mol. The highest BCUT2D eigenvalue weighted by molar-refractivity contribution is 9.10. The summed E-state index contributed by atoms with van der Waals surface area (Å²) < 4.78 is 33.7. The van der Waals surface area contributed by atoms with Crippen molar-refractivity contribution in [1.82, 2.24) is 0 Å². The molecule has 0 unspecified atom stereocenters. The Morgan fingerprint density at radius 3 is 2.62 bits per heavy atom. The molecule has 112 valence electrons. The molecule has 0 bridgehead atoms. The van der Waals surface area contributed by atoms with Gasteiger partial charge in [0.2, 0.25) is 0 Å². The molecule has 0 aromatic heterocycles. The summed E-state index contributed by atoms with van der Waals surface area (Å²) in [7, 11) is -3.71. The van der Waals surface area contributed by atoms with Gasteiger partial charge in [0, 0.05) is 10.2 Å². The van der Waals surface area contributed by atoms with Gasteiger partial charge in [0.05, 0.1) is 6.61 Å². The number of sulfonamides is 1. The summed E-state index contributed by atoms with van der Waals surface area (Å²) in [5, 5.41) is 0. The molecule has 0 saturated carbocycles. The van der Waals surface area contributed by atoms with Crippen LogP contribution in [0.15, 0.2) is 51.8 Å². The summed E-state index contributed by atoms with van der Waals surface area (Å²) in [5.74, 6) is 0.334. The molecular formula is C15H16BrNO3S. The molecule has 0 aliphatic heterocycles. The van der Waals surface area contributed by atoms with Crippen LogP contribution in [0.2, 0.25) is 0 Å². The van der Waals surface area contributed by atoms with Crippen LogP contribution >= 0.6 is 15.9 Å². The van der Waals surface area contributed by atoms with Crippen molar-refractivity contribution in [1.29, 1.82) is 0 Å². The van der Waals surface area contributed by atoms with Gasteiger partial charge in [-0.1, -0.05) is 28.1 Å². The molecule has 0 amide bonds. The monoisotopic (exact) mass is 369 g/mol. The van der Waals surface area contributed by atoms with Gasteiger partial charge in [0.15, 0.2) is 0 Å². The van der Waals surface area contributed by atoms with Gasteiger partial charge >= 0.3 is 0 Å². The van der Waals surface area contributed by atoms with E-state index >= 15 is 0 Å². The van der Waals surface area contributed by atoms with E-state index in [1.165, 1.54) is 6.07 Å². The van der Waals surface area contributed by atoms with Crippen LogP contribution in [-0.4, -0.2) is 15.0 Å². The van der Waals surface area contributed by atoms with Gasteiger partial charge in [-0.2, -0.15) is 0 Å². The molecule has 0 atom stereocenters. The summed E-state index contributed by atoms with van der Waals surface area (Å²) in [6, 6.07) is 12.1. The number of anilines is 1. The van der Waals surface area contributed by atoms with Gasteiger partial charge in [-0.15, -0.1) is 0 Å². The Balaban J connectivity index is 2.41. The zero-order valence-electron chi connectivity index (χ0n) is 11.8. The van der Waals surface area contributed by atoms with E-state index in [2.05, 4.69) is 20.7 Å². The number of hydrogen-bond donors (Lipinski definition) is 1. The molecule has 0 fully saturated rings. The van der Waals surface area contributed by atoms with Crippen molar-refractivity contribution >= 4 is 31.6 Å². The summed E-state index contributed by atoms with van der Waals surface area (Å²) in [6.45, 7) is 4.11. The number of hydrogen-bond acceptors (Lipinski definition) is 3. The fraction of sp³-hybridized carbons (Fsp3) is 0.200. The van der Waals surface area contributed by atoms with Crippen molar-refractivity contribution < 1.29 is 13.2 Å².